The molecule has 8 heteroatoms. The average molecular weight is 420 g/mol. The molecule has 1 atom stereocenters. The zero-order valence-electron chi connectivity index (χ0n) is 16.2. The molecule has 0 aliphatic carbocycles. The minimum absolute atomic E-state index is 0.105. The number of allylic oxidation sites excluding steroid dienone is 1. The molecule has 0 unspecified atom stereocenters. The standard InChI is InChI=1S/C22H18ClN5O2/c1-13-2-4-15(5-3-13)18-12-17(14-6-8-16(23)9-7-14)24-21-25-22(26-28(18)21)27-19(29)10-11-20(27)30/h2-9,12,18H,10-11H2,1H3,(H,24,25,26)/t18-/m0/s1. The van der Waals surface area contributed by atoms with Crippen LogP contribution in [0.4, 0.5) is 11.9 Å². The molecule has 2 aromatic carbocycles. The van der Waals surface area contributed by atoms with Crippen molar-refractivity contribution in [3.8, 4) is 0 Å². The largest absolute Gasteiger partial charge is 0.324 e. The lowest BCUT2D eigenvalue weighted by molar-refractivity contribution is -0.121. The minimum Gasteiger partial charge on any atom is -0.324 e. The van der Waals surface area contributed by atoms with Crippen molar-refractivity contribution in [2.75, 3.05) is 10.2 Å². The summed E-state index contributed by atoms with van der Waals surface area (Å²) in [5, 5.41) is 8.45. The van der Waals surface area contributed by atoms with E-state index in [1.54, 1.807) is 4.68 Å². The van der Waals surface area contributed by atoms with Gasteiger partial charge in [0.15, 0.2) is 0 Å². The second kappa shape index (κ2) is 7.11. The van der Waals surface area contributed by atoms with Crippen LogP contribution in [-0.2, 0) is 9.59 Å². The molecule has 2 aliphatic heterocycles. The van der Waals surface area contributed by atoms with Gasteiger partial charge in [-0.1, -0.05) is 53.6 Å². The Kier molecular flexibility index (Phi) is 4.40. The lowest BCUT2D eigenvalue weighted by Gasteiger charge is -2.24. The number of rotatable bonds is 3. The summed E-state index contributed by atoms with van der Waals surface area (Å²) in [4.78, 5) is 29.9. The normalized spacial score (nSPS) is 18.3. The van der Waals surface area contributed by atoms with Crippen LogP contribution in [0.3, 0.4) is 0 Å². The van der Waals surface area contributed by atoms with Gasteiger partial charge in [0.05, 0.1) is 0 Å². The maximum Gasteiger partial charge on any atom is 0.260 e. The van der Waals surface area contributed by atoms with Crippen molar-refractivity contribution in [3.63, 3.8) is 0 Å². The summed E-state index contributed by atoms with van der Waals surface area (Å²) < 4.78 is 1.71. The predicted octanol–water partition coefficient (Wildman–Crippen LogP) is 3.95. The van der Waals surface area contributed by atoms with Crippen molar-refractivity contribution in [3.05, 3.63) is 76.3 Å². The first-order valence-electron chi connectivity index (χ1n) is 9.63. The number of carbonyl (C=O) groups is 2. The van der Waals surface area contributed by atoms with Gasteiger partial charge in [-0.05, 0) is 36.3 Å². The number of halogens is 1. The summed E-state index contributed by atoms with van der Waals surface area (Å²) in [6, 6.07) is 15.4. The fourth-order valence-electron chi connectivity index (χ4n) is 3.68. The zero-order chi connectivity index (χ0) is 20.8. The first kappa shape index (κ1) is 18.6. The third-order valence-corrected chi connectivity index (χ3v) is 5.53. The topological polar surface area (TPSA) is 80.1 Å². The molecule has 3 aromatic rings. The highest BCUT2D eigenvalue weighted by atomic mass is 35.5. The molecule has 0 spiro atoms. The Hall–Kier alpha value is -3.45. The molecule has 1 N–H and O–H groups in total. The molecule has 150 valence electrons. The van der Waals surface area contributed by atoms with Crippen LogP contribution in [0, 0.1) is 6.92 Å². The fraction of sp³-hybridized carbons (Fsp3) is 0.182. The van der Waals surface area contributed by atoms with Gasteiger partial charge in [-0.2, -0.15) is 4.98 Å². The van der Waals surface area contributed by atoms with Crippen molar-refractivity contribution in [2.24, 2.45) is 0 Å². The van der Waals surface area contributed by atoms with Crippen LogP contribution in [-0.4, -0.2) is 26.6 Å². The van der Waals surface area contributed by atoms with Crippen molar-refractivity contribution in [1.82, 2.24) is 14.8 Å². The van der Waals surface area contributed by atoms with Gasteiger partial charge >= 0.3 is 0 Å². The van der Waals surface area contributed by atoms with E-state index in [2.05, 4.69) is 15.4 Å². The summed E-state index contributed by atoms with van der Waals surface area (Å²) >= 11 is 6.04. The molecule has 7 nitrogen and oxygen atoms in total. The van der Waals surface area contributed by atoms with Crippen molar-refractivity contribution in [2.45, 2.75) is 25.8 Å². The number of carbonyl (C=O) groups excluding carboxylic acids is 2. The molecular formula is C22H18ClN5O2. The van der Waals surface area contributed by atoms with Crippen LogP contribution >= 0.6 is 11.6 Å². The average Bonchev–Trinajstić information content (AvgIpc) is 3.30. The predicted molar refractivity (Wildman–Crippen MR) is 114 cm³/mol. The van der Waals surface area contributed by atoms with Gasteiger partial charge in [-0.3, -0.25) is 9.59 Å². The number of aromatic nitrogens is 3. The first-order chi connectivity index (χ1) is 14.5. The Morgan fingerprint density at radius 3 is 2.33 bits per heavy atom. The van der Waals surface area contributed by atoms with E-state index in [-0.39, 0.29) is 36.6 Å². The molecule has 0 saturated carbocycles. The van der Waals surface area contributed by atoms with Crippen LogP contribution < -0.4 is 10.2 Å². The molecule has 1 saturated heterocycles. The molecule has 2 amide bonds. The second-order valence-electron chi connectivity index (χ2n) is 7.37. The smallest absolute Gasteiger partial charge is 0.260 e. The molecule has 2 aliphatic rings. The van der Waals surface area contributed by atoms with Crippen LogP contribution in [0.15, 0.2) is 54.6 Å². The first-order valence-corrected chi connectivity index (χ1v) is 10.0. The van der Waals surface area contributed by atoms with Crippen molar-refractivity contribution in [1.29, 1.82) is 0 Å². The van der Waals surface area contributed by atoms with Crippen molar-refractivity contribution < 1.29 is 9.59 Å². The van der Waals surface area contributed by atoms with E-state index >= 15 is 0 Å². The molecule has 0 radical (unpaired) electrons. The summed E-state index contributed by atoms with van der Waals surface area (Å²) in [5.74, 6) is 0.0184. The third kappa shape index (κ3) is 3.17. The maximum absolute atomic E-state index is 12.2. The number of imide groups is 1. The van der Waals surface area contributed by atoms with Gasteiger partial charge < -0.3 is 5.32 Å². The second-order valence-corrected chi connectivity index (χ2v) is 7.81. The Labute approximate surface area is 178 Å². The van der Waals surface area contributed by atoms with Gasteiger partial charge in [0.1, 0.15) is 6.04 Å². The van der Waals surface area contributed by atoms with Crippen LogP contribution in [0.2, 0.25) is 5.02 Å². The van der Waals surface area contributed by atoms with E-state index in [0.717, 1.165) is 27.3 Å². The Morgan fingerprint density at radius 1 is 1.00 bits per heavy atom. The van der Waals surface area contributed by atoms with Crippen LogP contribution in [0.1, 0.15) is 35.6 Å². The lowest BCUT2D eigenvalue weighted by atomic mass is 10.0. The molecule has 3 heterocycles. The van der Waals surface area contributed by atoms with E-state index in [0.29, 0.717) is 11.0 Å². The number of nitrogens with one attached hydrogen (secondary N) is 1. The number of anilines is 2. The number of hydrogen-bond donors (Lipinski definition) is 1. The van der Waals surface area contributed by atoms with Gasteiger partial charge in [0, 0.05) is 23.6 Å². The monoisotopic (exact) mass is 419 g/mol. The minimum atomic E-state index is -0.277. The number of fused-ring (bicyclic) bond motifs is 1. The Balaban J connectivity index is 1.61. The number of amides is 2. The molecule has 1 aromatic heterocycles. The summed E-state index contributed by atoms with van der Waals surface area (Å²) in [5.41, 5.74) is 3.97. The highest BCUT2D eigenvalue weighted by Crippen LogP contribution is 2.34. The van der Waals surface area contributed by atoms with E-state index < -0.39 is 0 Å². The maximum atomic E-state index is 12.2. The van der Waals surface area contributed by atoms with Crippen LogP contribution in [0.25, 0.3) is 5.70 Å². The number of nitrogens with zero attached hydrogens (tertiary/aromatic N) is 4. The lowest BCUT2D eigenvalue weighted by Crippen LogP contribution is -2.29. The van der Waals surface area contributed by atoms with Crippen LogP contribution in [0.5, 0.6) is 0 Å². The van der Waals surface area contributed by atoms with Gasteiger partial charge in [0.2, 0.25) is 17.8 Å². The molecule has 1 fully saturated rings. The summed E-state index contributed by atoms with van der Waals surface area (Å²) in [6.07, 6.45) is 2.42. The molecular weight excluding hydrogens is 402 g/mol. The molecule has 0 bridgehead atoms. The summed E-state index contributed by atoms with van der Waals surface area (Å²) in [6.45, 7) is 2.03. The van der Waals surface area contributed by atoms with Gasteiger partial charge in [0.25, 0.3) is 5.95 Å². The molecule has 5 rings (SSSR count). The van der Waals surface area contributed by atoms with Gasteiger partial charge in [-0.25, -0.2) is 9.58 Å². The third-order valence-electron chi connectivity index (χ3n) is 5.28. The number of aryl methyl sites for hydroxylation is 1. The van der Waals surface area contributed by atoms with Crippen molar-refractivity contribution >= 4 is 41.0 Å². The zero-order valence-corrected chi connectivity index (χ0v) is 16.9. The van der Waals surface area contributed by atoms with E-state index in [1.165, 1.54) is 0 Å². The molecule has 30 heavy (non-hydrogen) atoms. The Morgan fingerprint density at radius 2 is 1.67 bits per heavy atom. The van der Waals surface area contributed by atoms with E-state index in [4.69, 9.17) is 11.6 Å². The number of hydrogen-bond acceptors (Lipinski definition) is 5. The van der Waals surface area contributed by atoms with Gasteiger partial charge in [-0.15, -0.1) is 5.10 Å². The number of benzene rings is 2. The van der Waals surface area contributed by atoms with E-state index in [9.17, 15) is 9.59 Å². The highest BCUT2D eigenvalue weighted by Gasteiger charge is 2.35. The van der Waals surface area contributed by atoms with E-state index in [1.807, 2.05) is 61.5 Å². The SMILES string of the molecule is Cc1ccc([C@@H]2C=C(c3ccc(Cl)cc3)Nc3nc(N4C(=O)CCC4=O)nn32)cc1. The fourth-order valence-corrected chi connectivity index (χ4v) is 3.80. The summed E-state index contributed by atoms with van der Waals surface area (Å²) in [7, 11) is 0. The Bertz CT molecular complexity index is 1170. The highest BCUT2D eigenvalue weighted by molar-refractivity contribution is 6.30. The quantitative estimate of drug-likeness (QED) is 0.650.